The van der Waals surface area contributed by atoms with E-state index in [1.807, 2.05) is 0 Å². The van der Waals surface area contributed by atoms with Crippen molar-refractivity contribution in [3.63, 3.8) is 0 Å². The predicted octanol–water partition coefficient (Wildman–Crippen LogP) is 3.86. The molecule has 2 aliphatic rings. The molecule has 0 unspecified atom stereocenters. The molecule has 0 aromatic rings. The summed E-state index contributed by atoms with van der Waals surface area (Å²) in [4.78, 5) is 0. The Morgan fingerprint density at radius 3 is 1.64 bits per heavy atom. The van der Waals surface area contributed by atoms with Gasteiger partial charge in [-0.2, -0.15) is 0 Å². The Bertz CT molecular complexity index is 96.6. The average Bonchev–Trinajstić information content (AvgIpc) is 2.67. The van der Waals surface area contributed by atoms with E-state index in [-0.39, 0.29) is 0 Å². The van der Waals surface area contributed by atoms with Gasteiger partial charge in [0, 0.05) is 0 Å². The minimum absolute atomic E-state index is 0.937. The van der Waals surface area contributed by atoms with Gasteiger partial charge in [0.15, 0.2) is 0 Å². The van der Waals surface area contributed by atoms with E-state index >= 15 is 0 Å². The lowest BCUT2D eigenvalue weighted by Crippen LogP contribution is -1.86. The molecule has 0 radical (unpaired) electrons. The summed E-state index contributed by atoms with van der Waals surface area (Å²) in [6, 6.07) is 0. The van der Waals surface area contributed by atoms with Crippen molar-refractivity contribution >= 4 is 0 Å². The van der Waals surface area contributed by atoms with Crippen molar-refractivity contribution in [2.24, 2.45) is 17.8 Å². The van der Waals surface area contributed by atoms with Gasteiger partial charge in [-0.15, -0.1) is 0 Å². The molecule has 2 aliphatic carbocycles. The normalized spacial score (nSPS) is 22.9. The molecule has 2 saturated carbocycles. The van der Waals surface area contributed by atoms with Crippen molar-refractivity contribution in [3.8, 4) is 0 Å². The van der Waals surface area contributed by atoms with Gasteiger partial charge in [0.2, 0.25) is 0 Å². The molecule has 0 heterocycles. The zero-order valence-corrected chi connectivity index (χ0v) is 8.27. The Balaban J connectivity index is 0.000000128. The Hall–Kier alpha value is 0. The fraction of sp³-hybridized carbons (Fsp3) is 1.00. The van der Waals surface area contributed by atoms with Crippen molar-refractivity contribution in [3.05, 3.63) is 0 Å². The van der Waals surface area contributed by atoms with Crippen LogP contribution in [-0.4, -0.2) is 0 Å². The number of rotatable bonds is 2. The number of hydrogen-bond donors (Lipinski definition) is 0. The molecule has 66 valence electrons. The summed E-state index contributed by atoms with van der Waals surface area (Å²) >= 11 is 0. The first-order valence-corrected chi connectivity index (χ1v) is 5.18. The second-order valence-corrected chi connectivity index (χ2v) is 4.76. The van der Waals surface area contributed by atoms with Gasteiger partial charge in [-0.3, -0.25) is 0 Å². The van der Waals surface area contributed by atoms with Crippen LogP contribution in [0.4, 0.5) is 0 Å². The lowest BCUT2D eigenvalue weighted by molar-refractivity contribution is 0.541. The highest BCUT2D eigenvalue weighted by Crippen LogP contribution is 2.34. The van der Waals surface area contributed by atoms with E-state index in [9.17, 15) is 0 Å². The fourth-order valence-corrected chi connectivity index (χ4v) is 1.19. The summed E-state index contributed by atoms with van der Waals surface area (Å²) in [6.45, 7) is 6.89. The van der Waals surface area contributed by atoms with E-state index in [2.05, 4.69) is 20.8 Å². The monoisotopic (exact) mass is 154 g/mol. The lowest BCUT2D eigenvalue weighted by atomic mass is 10.1. The molecule has 0 amide bonds. The zero-order chi connectivity index (χ0) is 8.27. The largest absolute Gasteiger partial charge is 0.0628 e. The second kappa shape index (κ2) is 4.13. The molecule has 0 saturated heterocycles. The second-order valence-electron chi connectivity index (χ2n) is 4.76. The van der Waals surface area contributed by atoms with Crippen molar-refractivity contribution in [2.75, 3.05) is 0 Å². The summed E-state index contributed by atoms with van der Waals surface area (Å²) < 4.78 is 0. The Morgan fingerprint density at radius 2 is 1.55 bits per heavy atom. The summed E-state index contributed by atoms with van der Waals surface area (Å²) in [5, 5.41) is 0. The van der Waals surface area contributed by atoms with Gasteiger partial charge in [0.05, 0.1) is 0 Å². The van der Waals surface area contributed by atoms with Crippen LogP contribution < -0.4 is 0 Å². The van der Waals surface area contributed by atoms with E-state index in [4.69, 9.17) is 0 Å². The quantitative estimate of drug-likeness (QED) is 0.566. The Kier molecular flexibility index (Phi) is 3.42. The van der Waals surface area contributed by atoms with E-state index in [0.717, 1.165) is 17.8 Å². The lowest BCUT2D eigenvalue weighted by Gasteiger charge is -1.98. The molecular weight excluding hydrogens is 132 g/mol. The standard InChI is InChI=1S/C7H14.C4H8/c1-6(2)5-7-3-4-7;1-4-2-3-4/h6-7H,3-5H2,1-2H3;4H,2-3H2,1H3. The van der Waals surface area contributed by atoms with Crippen LogP contribution in [0.3, 0.4) is 0 Å². The Labute approximate surface area is 71.4 Å². The predicted molar refractivity (Wildman–Crippen MR) is 50.6 cm³/mol. The molecule has 0 spiro atoms. The van der Waals surface area contributed by atoms with Crippen LogP contribution in [0.25, 0.3) is 0 Å². The third-order valence-electron chi connectivity index (χ3n) is 2.37. The minimum atomic E-state index is 0.937. The van der Waals surface area contributed by atoms with Gasteiger partial charge in [-0.1, -0.05) is 46.5 Å². The molecule has 2 fully saturated rings. The first-order valence-electron chi connectivity index (χ1n) is 5.18. The maximum absolute atomic E-state index is 2.30. The molecule has 0 N–H and O–H groups in total. The average molecular weight is 154 g/mol. The van der Waals surface area contributed by atoms with Gasteiger partial charge in [-0.25, -0.2) is 0 Å². The summed E-state index contributed by atoms with van der Waals surface area (Å²) in [6.07, 6.45) is 7.47. The molecule has 2 rings (SSSR count). The van der Waals surface area contributed by atoms with Crippen LogP contribution >= 0.6 is 0 Å². The highest BCUT2D eigenvalue weighted by Gasteiger charge is 2.21. The van der Waals surface area contributed by atoms with Crippen LogP contribution in [0.2, 0.25) is 0 Å². The van der Waals surface area contributed by atoms with E-state index in [0.29, 0.717) is 0 Å². The van der Waals surface area contributed by atoms with Crippen molar-refractivity contribution in [1.82, 2.24) is 0 Å². The highest BCUT2D eigenvalue weighted by molar-refractivity contribution is 4.73. The molecule has 0 atom stereocenters. The van der Waals surface area contributed by atoms with Crippen LogP contribution in [0.5, 0.6) is 0 Å². The van der Waals surface area contributed by atoms with E-state index in [1.165, 1.54) is 32.1 Å². The van der Waals surface area contributed by atoms with E-state index in [1.54, 1.807) is 0 Å². The van der Waals surface area contributed by atoms with Crippen LogP contribution in [0, 0.1) is 17.8 Å². The molecule has 0 heteroatoms. The summed E-state index contributed by atoms with van der Waals surface area (Å²) in [5.41, 5.74) is 0. The van der Waals surface area contributed by atoms with Crippen molar-refractivity contribution in [2.45, 2.75) is 52.9 Å². The van der Waals surface area contributed by atoms with Crippen molar-refractivity contribution in [1.29, 1.82) is 0 Å². The first-order chi connectivity index (χ1) is 5.18. The first kappa shape index (κ1) is 9.09. The Morgan fingerprint density at radius 1 is 1.09 bits per heavy atom. The third-order valence-corrected chi connectivity index (χ3v) is 2.37. The van der Waals surface area contributed by atoms with E-state index < -0.39 is 0 Å². The SMILES string of the molecule is CC(C)CC1CC1.CC1CC1. The molecule has 0 aromatic carbocycles. The van der Waals surface area contributed by atoms with Crippen LogP contribution in [0.1, 0.15) is 52.9 Å². The fourth-order valence-electron chi connectivity index (χ4n) is 1.19. The van der Waals surface area contributed by atoms with Crippen LogP contribution in [0.15, 0.2) is 0 Å². The minimum Gasteiger partial charge on any atom is -0.0628 e. The number of hydrogen-bond acceptors (Lipinski definition) is 0. The molecular formula is C11H22. The van der Waals surface area contributed by atoms with Gasteiger partial charge in [-0.05, 0) is 24.2 Å². The van der Waals surface area contributed by atoms with Crippen LogP contribution in [-0.2, 0) is 0 Å². The smallest absolute Gasteiger partial charge is 0.0412 e. The van der Waals surface area contributed by atoms with Gasteiger partial charge >= 0.3 is 0 Å². The topological polar surface area (TPSA) is 0 Å². The summed E-state index contributed by atoms with van der Waals surface area (Å²) in [5.74, 6) is 3.15. The molecule has 0 nitrogen and oxygen atoms in total. The molecule has 0 bridgehead atoms. The molecule has 11 heavy (non-hydrogen) atoms. The molecule has 0 aromatic heterocycles. The van der Waals surface area contributed by atoms with Gasteiger partial charge < -0.3 is 0 Å². The van der Waals surface area contributed by atoms with Gasteiger partial charge in [0.1, 0.15) is 0 Å². The third kappa shape index (κ3) is 6.40. The molecule has 0 aliphatic heterocycles. The van der Waals surface area contributed by atoms with Crippen molar-refractivity contribution < 1.29 is 0 Å². The van der Waals surface area contributed by atoms with Gasteiger partial charge in [0.25, 0.3) is 0 Å². The highest BCUT2D eigenvalue weighted by atomic mass is 14.3. The summed E-state index contributed by atoms with van der Waals surface area (Å²) in [7, 11) is 0. The maximum Gasteiger partial charge on any atom is -0.0412 e. The zero-order valence-electron chi connectivity index (χ0n) is 8.27. The maximum atomic E-state index is 2.30.